The summed E-state index contributed by atoms with van der Waals surface area (Å²) in [4.78, 5) is 0. The molecule has 0 saturated heterocycles. The largest absolute Gasteiger partial charge is 0.0620 e. The third-order valence-corrected chi connectivity index (χ3v) is 7.52. The molecule has 0 N–H and O–H groups in total. The zero-order valence-electron chi connectivity index (χ0n) is 26.4. The lowest BCUT2D eigenvalue weighted by Gasteiger charge is -2.07. The summed E-state index contributed by atoms with van der Waals surface area (Å²) in [5.74, 6) is 0. The van der Waals surface area contributed by atoms with Gasteiger partial charge < -0.3 is 0 Å². The first-order valence-corrected chi connectivity index (χ1v) is 14.2. The fraction of sp³-hybridized carbons (Fsp3) is 0.250. The van der Waals surface area contributed by atoms with Crippen LogP contribution in [0.3, 0.4) is 0 Å². The van der Waals surface area contributed by atoms with Crippen molar-refractivity contribution in [1.29, 1.82) is 0 Å². The molecule has 0 aliphatic heterocycles. The topological polar surface area (TPSA) is 0 Å². The van der Waals surface area contributed by atoms with Gasteiger partial charge in [-0.15, -0.1) is 0 Å². The van der Waals surface area contributed by atoms with Crippen molar-refractivity contribution in [3.8, 4) is 0 Å². The first-order chi connectivity index (χ1) is 19.0. The van der Waals surface area contributed by atoms with Crippen LogP contribution in [0.5, 0.6) is 0 Å². The number of aryl methyl sites for hydroxylation is 2. The van der Waals surface area contributed by atoms with Gasteiger partial charge in [-0.3, -0.25) is 0 Å². The molecule has 0 fully saturated rings. The molecule has 0 nitrogen and oxygen atoms in total. The van der Waals surface area contributed by atoms with Gasteiger partial charge in [0.1, 0.15) is 0 Å². The fourth-order valence-corrected chi connectivity index (χ4v) is 4.10. The molecule has 0 atom stereocenters. The number of rotatable bonds is 10. The van der Waals surface area contributed by atoms with Crippen LogP contribution in [0, 0.1) is 41.5 Å². The summed E-state index contributed by atoms with van der Waals surface area (Å²) in [6.45, 7) is 21.6. The predicted molar refractivity (Wildman–Crippen MR) is 182 cm³/mol. The van der Waals surface area contributed by atoms with E-state index in [1.165, 1.54) is 66.8 Å². The van der Waals surface area contributed by atoms with Gasteiger partial charge in [0.15, 0.2) is 0 Å². The molecule has 0 heterocycles. The number of hydrogen-bond acceptors (Lipinski definition) is 0. The average molecular weight is 529 g/mol. The minimum atomic E-state index is 1.21. The van der Waals surface area contributed by atoms with Gasteiger partial charge in [-0.2, -0.15) is 0 Å². The maximum Gasteiger partial charge on any atom is -0.0224 e. The van der Waals surface area contributed by atoms with Gasteiger partial charge in [-0.25, -0.2) is 0 Å². The molecule has 0 heteroatoms. The Kier molecular flexibility index (Phi) is 13.1. The lowest BCUT2D eigenvalue weighted by molar-refractivity contribution is 1.26. The minimum absolute atomic E-state index is 1.21. The van der Waals surface area contributed by atoms with E-state index >= 15 is 0 Å². The molecule has 0 aliphatic rings. The normalized spacial score (nSPS) is 14.3. The summed E-state index contributed by atoms with van der Waals surface area (Å²) in [6, 6.07) is 8.79. The Morgan fingerprint density at radius 3 is 1.10 bits per heavy atom. The second-order valence-electron chi connectivity index (χ2n) is 10.9. The van der Waals surface area contributed by atoms with Crippen LogP contribution in [0.25, 0.3) is 12.2 Å². The highest BCUT2D eigenvalue weighted by atomic mass is 14.1. The van der Waals surface area contributed by atoms with E-state index in [1.54, 1.807) is 0 Å². The minimum Gasteiger partial charge on any atom is -0.0620 e. The van der Waals surface area contributed by atoms with Crippen molar-refractivity contribution in [2.45, 2.75) is 69.2 Å². The highest BCUT2D eigenvalue weighted by Crippen LogP contribution is 2.20. The van der Waals surface area contributed by atoms with Crippen LogP contribution in [0.15, 0.2) is 119 Å². The van der Waals surface area contributed by atoms with E-state index in [2.05, 4.69) is 179 Å². The van der Waals surface area contributed by atoms with Crippen LogP contribution in [0.4, 0.5) is 0 Å². The molecule has 0 radical (unpaired) electrons. The summed E-state index contributed by atoms with van der Waals surface area (Å²) in [5.41, 5.74) is 15.6. The maximum absolute atomic E-state index is 2.21. The van der Waals surface area contributed by atoms with E-state index in [4.69, 9.17) is 0 Å². The molecule has 0 bridgehead atoms. The summed E-state index contributed by atoms with van der Waals surface area (Å²) in [7, 11) is 0. The summed E-state index contributed by atoms with van der Waals surface area (Å²) < 4.78 is 0. The Morgan fingerprint density at radius 1 is 0.400 bits per heavy atom. The molecule has 2 aromatic carbocycles. The Hall–Kier alpha value is -3.90. The van der Waals surface area contributed by atoms with Gasteiger partial charge in [0, 0.05) is 0 Å². The number of hydrogen-bond donors (Lipinski definition) is 0. The molecular weight excluding hydrogens is 480 g/mol. The maximum atomic E-state index is 2.21. The van der Waals surface area contributed by atoms with E-state index in [0.717, 1.165) is 0 Å². The summed E-state index contributed by atoms with van der Waals surface area (Å²) in [6.07, 6.45) is 30.0. The molecule has 2 aromatic rings. The number of benzene rings is 2. The molecule has 0 amide bonds. The third kappa shape index (κ3) is 10.7. The quantitative estimate of drug-likeness (QED) is 0.269. The zero-order chi connectivity index (χ0) is 29.7. The van der Waals surface area contributed by atoms with Crippen molar-refractivity contribution in [3.05, 3.63) is 164 Å². The Bertz CT molecular complexity index is 1340. The van der Waals surface area contributed by atoms with E-state index in [1.807, 2.05) is 0 Å². The lowest BCUT2D eigenvalue weighted by Crippen LogP contribution is -1.89. The fourth-order valence-electron chi connectivity index (χ4n) is 4.10. The first kappa shape index (κ1) is 32.3. The number of allylic oxidation sites excluding steroid dienone is 16. The van der Waals surface area contributed by atoms with Gasteiger partial charge in [0.25, 0.3) is 0 Å². The van der Waals surface area contributed by atoms with Crippen molar-refractivity contribution >= 4 is 12.2 Å². The molecule has 0 aliphatic carbocycles. The second kappa shape index (κ2) is 16.3. The van der Waals surface area contributed by atoms with Crippen LogP contribution in [0.1, 0.15) is 72.2 Å². The van der Waals surface area contributed by atoms with E-state index < -0.39 is 0 Å². The van der Waals surface area contributed by atoms with E-state index in [9.17, 15) is 0 Å². The lowest BCUT2D eigenvalue weighted by atomic mass is 9.98. The molecule has 0 aromatic heterocycles. The molecule has 208 valence electrons. The molecule has 40 heavy (non-hydrogen) atoms. The Labute approximate surface area is 245 Å². The predicted octanol–water partition coefficient (Wildman–Crippen LogP) is 11.7. The van der Waals surface area contributed by atoms with Crippen LogP contribution in [0.2, 0.25) is 0 Å². The van der Waals surface area contributed by atoms with Gasteiger partial charge >= 0.3 is 0 Å². The molecular formula is C40H48. The monoisotopic (exact) mass is 528 g/mol. The highest BCUT2D eigenvalue weighted by molar-refractivity contribution is 5.60. The van der Waals surface area contributed by atoms with Crippen LogP contribution >= 0.6 is 0 Å². The molecule has 0 unspecified atom stereocenters. The summed E-state index contributed by atoms with van der Waals surface area (Å²) in [5, 5.41) is 0. The third-order valence-electron chi connectivity index (χ3n) is 7.52. The van der Waals surface area contributed by atoms with Crippen molar-refractivity contribution in [2.24, 2.45) is 0 Å². The van der Waals surface area contributed by atoms with Crippen LogP contribution in [-0.2, 0) is 0 Å². The van der Waals surface area contributed by atoms with Crippen LogP contribution in [-0.4, -0.2) is 0 Å². The van der Waals surface area contributed by atoms with E-state index in [0.29, 0.717) is 0 Å². The van der Waals surface area contributed by atoms with Crippen molar-refractivity contribution in [3.63, 3.8) is 0 Å². The Balaban J connectivity index is 1.89. The summed E-state index contributed by atoms with van der Waals surface area (Å²) >= 11 is 0. The van der Waals surface area contributed by atoms with Crippen molar-refractivity contribution in [1.82, 2.24) is 0 Å². The molecule has 2 rings (SSSR count). The molecule has 0 saturated carbocycles. The van der Waals surface area contributed by atoms with Gasteiger partial charge in [0.2, 0.25) is 0 Å². The standard InChI is InChI=1S/C40H48/c1-29(17-13-19-31(3)21-25-39-27-23-33(5)35(7)37(39)9)15-11-12-16-30(2)18-14-20-32(4)22-26-40-28-24-34(6)36(8)38(40)10/h11-28H,1-10H3. The average Bonchev–Trinajstić information content (AvgIpc) is 2.92. The van der Waals surface area contributed by atoms with Gasteiger partial charge in [-0.05, 0) is 114 Å². The van der Waals surface area contributed by atoms with Gasteiger partial charge in [-0.1, -0.05) is 132 Å². The highest BCUT2D eigenvalue weighted by Gasteiger charge is 2.01. The van der Waals surface area contributed by atoms with E-state index in [-0.39, 0.29) is 0 Å². The Morgan fingerprint density at radius 2 is 0.725 bits per heavy atom. The molecule has 0 spiro atoms. The zero-order valence-corrected chi connectivity index (χ0v) is 26.4. The van der Waals surface area contributed by atoms with Crippen LogP contribution < -0.4 is 0 Å². The smallest absolute Gasteiger partial charge is 0.0224 e. The first-order valence-electron chi connectivity index (χ1n) is 14.2. The SMILES string of the molecule is CC(C=CC=C(C)C=Cc1ccc(C)c(C)c1C)=CC=CC=C(C)C=CC=C(C)C=Cc1ccc(C)c(C)c1C. The van der Waals surface area contributed by atoms with Crippen molar-refractivity contribution < 1.29 is 0 Å². The van der Waals surface area contributed by atoms with Crippen molar-refractivity contribution in [2.75, 3.05) is 0 Å². The second-order valence-corrected chi connectivity index (χ2v) is 10.9. The van der Waals surface area contributed by atoms with Gasteiger partial charge in [0.05, 0.1) is 0 Å².